The topological polar surface area (TPSA) is 0 Å². The van der Waals surface area contributed by atoms with Gasteiger partial charge >= 0.3 is 0 Å². The van der Waals surface area contributed by atoms with Crippen molar-refractivity contribution in [2.45, 2.75) is 39.0 Å². The molecule has 1 aliphatic rings. The first-order chi connectivity index (χ1) is 5.83. The molecule has 0 spiro atoms. The van der Waals surface area contributed by atoms with Crippen LogP contribution in [0.3, 0.4) is 0 Å². The minimum Gasteiger partial charge on any atom is -0.161 e. The average Bonchev–Trinajstić information content (AvgIpc) is 2.55. The third-order valence-corrected chi connectivity index (χ3v) is 5.41. The fourth-order valence-electron chi connectivity index (χ4n) is 1.87. The molecule has 72 valence electrons. The maximum absolute atomic E-state index is 3.67. The molecule has 2 heteroatoms. The van der Waals surface area contributed by atoms with Gasteiger partial charge in [-0.3, -0.25) is 0 Å². The Balaban J connectivity index is 2.24. The summed E-state index contributed by atoms with van der Waals surface area (Å²) in [5, 5.41) is 1.22. The third kappa shape index (κ3) is 2.95. The van der Waals surface area contributed by atoms with Crippen molar-refractivity contribution in [3.8, 4) is 0 Å². The molecule has 0 aliphatic heterocycles. The fraction of sp³-hybridized carbons (Fsp3) is 1.00. The second-order valence-electron chi connectivity index (χ2n) is 3.89. The molecule has 0 radical (unpaired) electrons. The normalized spacial score (nSPS) is 21.5. The number of halogens is 1. The number of rotatable bonds is 5. The minimum absolute atomic E-state index is 0.667. The molecular formula is C10H19BrS. The molecule has 0 N–H and O–H groups in total. The number of alkyl halides is 1. The van der Waals surface area contributed by atoms with Crippen LogP contribution in [0, 0.1) is 5.41 Å². The van der Waals surface area contributed by atoms with Crippen LogP contribution in [-0.2, 0) is 0 Å². The van der Waals surface area contributed by atoms with Gasteiger partial charge in [0, 0.05) is 5.33 Å². The van der Waals surface area contributed by atoms with E-state index < -0.39 is 0 Å². The van der Waals surface area contributed by atoms with E-state index in [0.29, 0.717) is 5.41 Å². The Labute approximate surface area is 89.0 Å². The van der Waals surface area contributed by atoms with Gasteiger partial charge in [0.2, 0.25) is 0 Å². The molecule has 1 rings (SSSR count). The second kappa shape index (κ2) is 5.54. The Hall–Kier alpha value is 0.830. The molecule has 0 saturated heterocycles. The molecule has 1 saturated carbocycles. The Morgan fingerprint density at radius 1 is 1.33 bits per heavy atom. The largest absolute Gasteiger partial charge is 0.161 e. The molecule has 0 amide bonds. The first kappa shape index (κ1) is 10.9. The third-order valence-electron chi connectivity index (χ3n) is 2.70. The van der Waals surface area contributed by atoms with Gasteiger partial charge in [0.15, 0.2) is 0 Å². The Kier molecular flexibility index (Phi) is 5.03. The lowest BCUT2D eigenvalue weighted by Gasteiger charge is -2.25. The van der Waals surface area contributed by atoms with Crippen molar-refractivity contribution >= 4 is 27.7 Å². The zero-order valence-corrected chi connectivity index (χ0v) is 10.3. The molecule has 1 fully saturated rings. The molecular weight excluding hydrogens is 232 g/mol. The van der Waals surface area contributed by atoms with Gasteiger partial charge in [0.05, 0.1) is 0 Å². The van der Waals surface area contributed by atoms with Crippen LogP contribution in [0.1, 0.15) is 39.0 Å². The van der Waals surface area contributed by atoms with E-state index >= 15 is 0 Å². The molecule has 0 aromatic carbocycles. The second-order valence-corrected chi connectivity index (χ2v) is 5.56. The molecule has 0 heterocycles. The lowest BCUT2D eigenvalue weighted by molar-refractivity contribution is 0.405. The summed E-state index contributed by atoms with van der Waals surface area (Å²) in [5.74, 6) is 2.72. The summed E-state index contributed by atoms with van der Waals surface area (Å²) >= 11 is 5.82. The highest BCUT2D eigenvalue weighted by Crippen LogP contribution is 2.42. The summed E-state index contributed by atoms with van der Waals surface area (Å²) in [6.45, 7) is 2.27. The molecule has 0 unspecified atom stereocenters. The van der Waals surface area contributed by atoms with E-state index in [0.717, 1.165) is 0 Å². The van der Waals surface area contributed by atoms with Crippen LogP contribution in [0.2, 0.25) is 0 Å². The molecule has 0 aromatic rings. The minimum atomic E-state index is 0.667. The standard InChI is InChI=1S/C10H19BrS/c1-2-7-12-9-10(8-11)5-3-4-6-10/h2-9H2,1H3. The molecule has 0 atom stereocenters. The Morgan fingerprint density at radius 2 is 2.00 bits per heavy atom. The summed E-state index contributed by atoms with van der Waals surface area (Å²) in [7, 11) is 0. The Morgan fingerprint density at radius 3 is 2.50 bits per heavy atom. The van der Waals surface area contributed by atoms with Gasteiger partial charge < -0.3 is 0 Å². The number of hydrogen-bond donors (Lipinski definition) is 0. The summed E-state index contributed by atoms with van der Waals surface area (Å²) < 4.78 is 0. The van der Waals surface area contributed by atoms with Crippen LogP contribution in [0.4, 0.5) is 0 Å². The smallest absolute Gasteiger partial charge is 0.00958 e. The zero-order valence-electron chi connectivity index (χ0n) is 7.94. The van der Waals surface area contributed by atoms with Gasteiger partial charge in [-0.15, -0.1) is 0 Å². The molecule has 12 heavy (non-hydrogen) atoms. The van der Waals surface area contributed by atoms with Gasteiger partial charge in [-0.25, -0.2) is 0 Å². The maximum Gasteiger partial charge on any atom is 0.00958 e. The predicted molar refractivity (Wildman–Crippen MR) is 62.3 cm³/mol. The van der Waals surface area contributed by atoms with E-state index in [4.69, 9.17) is 0 Å². The van der Waals surface area contributed by atoms with Crippen molar-refractivity contribution in [3.63, 3.8) is 0 Å². The van der Waals surface area contributed by atoms with Crippen LogP contribution in [0.5, 0.6) is 0 Å². The highest BCUT2D eigenvalue weighted by Gasteiger charge is 2.32. The highest BCUT2D eigenvalue weighted by molar-refractivity contribution is 9.09. The van der Waals surface area contributed by atoms with Crippen molar-refractivity contribution < 1.29 is 0 Å². The molecule has 1 aliphatic carbocycles. The molecule has 0 bridgehead atoms. The van der Waals surface area contributed by atoms with E-state index in [-0.39, 0.29) is 0 Å². The monoisotopic (exact) mass is 250 g/mol. The predicted octanol–water partition coefficient (Wildman–Crippen LogP) is 4.08. The highest BCUT2D eigenvalue weighted by atomic mass is 79.9. The molecule has 0 nitrogen and oxygen atoms in total. The van der Waals surface area contributed by atoms with Crippen molar-refractivity contribution in [1.29, 1.82) is 0 Å². The average molecular weight is 251 g/mol. The van der Waals surface area contributed by atoms with E-state index in [1.165, 1.54) is 48.9 Å². The number of thioether (sulfide) groups is 1. The molecule has 0 aromatic heterocycles. The van der Waals surface area contributed by atoms with E-state index in [9.17, 15) is 0 Å². The SMILES string of the molecule is CCCSCC1(CBr)CCCC1. The summed E-state index contributed by atoms with van der Waals surface area (Å²) in [6.07, 6.45) is 7.14. The summed E-state index contributed by atoms with van der Waals surface area (Å²) in [6, 6.07) is 0. The van der Waals surface area contributed by atoms with Crippen molar-refractivity contribution in [2.24, 2.45) is 5.41 Å². The van der Waals surface area contributed by atoms with Crippen molar-refractivity contribution in [2.75, 3.05) is 16.8 Å². The van der Waals surface area contributed by atoms with Crippen LogP contribution in [0.15, 0.2) is 0 Å². The van der Waals surface area contributed by atoms with Gasteiger partial charge in [0.1, 0.15) is 0 Å². The Bertz CT molecular complexity index is 119. The van der Waals surface area contributed by atoms with Crippen LogP contribution in [0.25, 0.3) is 0 Å². The van der Waals surface area contributed by atoms with Gasteiger partial charge in [-0.2, -0.15) is 11.8 Å². The zero-order chi connectivity index (χ0) is 8.86. The van der Waals surface area contributed by atoms with Crippen LogP contribution >= 0.6 is 27.7 Å². The van der Waals surface area contributed by atoms with E-state index in [2.05, 4.69) is 34.6 Å². The van der Waals surface area contributed by atoms with Crippen molar-refractivity contribution in [1.82, 2.24) is 0 Å². The first-order valence-electron chi connectivity index (χ1n) is 4.97. The number of hydrogen-bond acceptors (Lipinski definition) is 1. The van der Waals surface area contributed by atoms with Crippen LogP contribution in [-0.4, -0.2) is 16.8 Å². The summed E-state index contributed by atoms with van der Waals surface area (Å²) in [5.41, 5.74) is 0.667. The summed E-state index contributed by atoms with van der Waals surface area (Å²) in [4.78, 5) is 0. The van der Waals surface area contributed by atoms with Gasteiger partial charge in [-0.05, 0) is 36.2 Å². The van der Waals surface area contributed by atoms with Crippen LogP contribution < -0.4 is 0 Å². The van der Waals surface area contributed by atoms with E-state index in [1.807, 2.05) is 0 Å². The lowest BCUT2D eigenvalue weighted by atomic mass is 9.92. The van der Waals surface area contributed by atoms with Crippen molar-refractivity contribution in [3.05, 3.63) is 0 Å². The fourth-order valence-corrected chi connectivity index (χ4v) is 4.15. The quantitative estimate of drug-likeness (QED) is 0.524. The first-order valence-corrected chi connectivity index (χ1v) is 7.24. The van der Waals surface area contributed by atoms with Gasteiger partial charge in [0.25, 0.3) is 0 Å². The lowest BCUT2D eigenvalue weighted by Crippen LogP contribution is -2.21. The van der Waals surface area contributed by atoms with Gasteiger partial charge in [-0.1, -0.05) is 35.7 Å². The maximum atomic E-state index is 3.67. The van der Waals surface area contributed by atoms with E-state index in [1.54, 1.807) is 0 Å².